The van der Waals surface area contributed by atoms with Gasteiger partial charge in [-0.3, -0.25) is 0 Å². The molecule has 180 valence electrons. The molecule has 2 unspecified atom stereocenters. The SMILES string of the molecule is CCCCCCCCCCCCC1CNCC(CCCCCCCCCCCC)N1. The van der Waals surface area contributed by atoms with Gasteiger partial charge in [-0.15, -0.1) is 0 Å². The van der Waals surface area contributed by atoms with Gasteiger partial charge in [0.05, 0.1) is 0 Å². The van der Waals surface area contributed by atoms with Gasteiger partial charge in [0.2, 0.25) is 0 Å². The molecule has 0 bridgehead atoms. The van der Waals surface area contributed by atoms with Gasteiger partial charge in [0.15, 0.2) is 0 Å². The fourth-order valence-electron chi connectivity index (χ4n) is 5.01. The highest BCUT2D eigenvalue weighted by atomic mass is 15.1. The second-order valence-corrected chi connectivity index (χ2v) is 10.2. The van der Waals surface area contributed by atoms with Crippen LogP contribution in [-0.4, -0.2) is 25.2 Å². The molecule has 2 nitrogen and oxygen atoms in total. The van der Waals surface area contributed by atoms with E-state index in [1.807, 2.05) is 0 Å². The standard InChI is InChI=1S/C28H58N2/c1-3-5-7-9-11-13-15-17-19-21-23-27-25-29-26-28(30-27)24-22-20-18-16-14-12-10-8-6-4-2/h27-30H,3-26H2,1-2H3. The summed E-state index contributed by atoms with van der Waals surface area (Å²) in [5.74, 6) is 0. The molecule has 1 fully saturated rings. The first-order valence-corrected chi connectivity index (χ1v) is 14.3. The number of hydrogen-bond acceptors (Lipinski definition) is 2. The maximum Gasteiger partial charge on any atom is 0.0195 e. The third-order valence-corrected chi connectivity index (χ3v) is 7.07. The maximum atomic E-state index is 3.95. The molecule has 0 saturated carbocycles. The molecular weight excluding hydrogens is 364 g/mol. The third-order valence-electron chi connectivity index (χ3n) is 7.07. The van der Waals surface area contributed by atoms with E-state index in [-0.39, 0.29) is 0 Å². The van der Waals surface area contributed by atoms with Crippen LogP contribution in [0.25, 0.3) is 0 Å². The largest absolute Gasteiger partial charge is 0.314 e. The molecule has 0 aromatic carbocycles. The minimum absolute atomic E-state index is 0.723. The molecule has 0 aromatic rings. The normalized spacial score (nSPS) is 19.4. The van der Waals surface area contributed by atoms with Crippen LogP contribution < -0.4 is 10.6 Å². The number of hydrogen-bond donors (Lipinski definition) is 2. The Bertz CT molecular complexity index is 301. The number of rotatable bonds is 22. The molecule has 1 saturated heterocycles. The van der Waals surface area contributed by atoms with Gasteiger partial charge in [-0.1, -0.05) is 142 Å². The summed E-state index contributed by atoms with van der Waals surface area (Å²) in [7, 11) is 0. The van der Waals surface area contributed by atoms with Crippen molar-refractivity contribution < 1.29 is 0 Å². The molecule has 0 amide bonds. The van der Waals surface area contributed by atoms with Crippen LogP contribution in [0.5, 0.6) is 0 Å². The van der Waals surface area contributed by atoms with Gasteiger partial charge >= 0.3 is 0 Å². The van der Waals surface area contributed by atoms with Crippen molar-refractivity contribution in [3.63, 3.8) is 0 Å². The van der Waals surface area contributed by atoms with E-state index in [1.165, 1.54) is 154 Å². The summed E-state index contributed by atoms with van der Waals surface area (Å²) in [5, 5.41) is 7.65. The smallest absolute Gasteiger partial charge is 0.0195 e. The Morgan fingerprint density at radius 2 is 0.733 bits per heavy atom. The Morgan fingerprint density at radius 3 is 1.07 bits per heavy atom. The monoisotopic (exact) mass is 422 g/mol. The van der Waals surface area contributed by atoms with Crippen LogP contribution in [0.2, 0.25) is 0 Å². The quantitative estimate of drug-likeness (QED) is 0.171. The highest BCUT2D eigenvalue weighted by molar-refractivity contribution is 4.83. The number of unbranched alkanes of at least 4 members (excludes halogenated alkanes) is 18. The summed E-state index contributed by atoms with van der Waals surface area (Å²) >= 11 is 0. The molecule has 0 spiro atoms. The lowest BCUT2D eigenvalue weighted by Gasteiger charge is -2.32. The van der Waals surface area contributed by atoms with E-state index in [9.17, 15) is 0 Å². The molecule has 2 N–H and O–H groups in total. The molecule has 30 heavy (non-hydrogen) atoms. The van der Waals surface area contributed by atoms with Crippen LogP contribution in [0.15, 0.2) is 0 Å². The first-order valence-electron chi connectivity index (χ1n) is 14.3. The lowest BCUT2D eigenvalue weighted by molar-refractivity contribution is 0.302. The van der Waals surface area contributed by atoms with Crippen LogP contribution in [0.4, 0.5) is 0 Å². The second-order valence-electron chi connectivity index (χ2n) is 10.2. The third kappa shape index (κ3) is 17.6. The number of piperazine rings is 1. The minimum atomic E-state index is 0.723. The van der Waals surface area contributed by atoms with Crippen molar-refractivity contribution in [2.75, 3.05) is 13.1 Å². The molecule has 0 radical (unpaired) electrons. The van der Waals surface area contributed by atoms with Gasteiger partial charge in [-0.2, -0.15) is 0 Å². The van der Waals surface area contributed by atoms with Crippen molar-refractivity contribution >= 4 is 0 Å². The summed E-state index contributed by atoms with van der Waals surface area (Å²) in [6.07, 6.45) is 31.6. The fraction of sp³-hybridized carbons (Fsp3) is 1.00. The Balaban J connectivity index is 1.86. The van der Waals surface area contributed by atoms with Gasteiger partial charge in [-0.05, 0) is 12.8 Å². The van der Waals surface area contributed by atoms with E-state index in [4.69, 9.17) is 0 Å². The first kappa shape index (κ1) is 28.0. The van der Waals surface area contributed by atoms with Crippen molar-refractivity contribution in [1.82, 2.24) is 10.6 Å². The van der Waals surface area contributed by atoms with Crippen LogP contribution in [-0.2, 0) is 0 Å². The van der Waals surface area contributed by atoms with Gasteiger partial charge in [0, 0.05) is 25.2 Å². The first-order chi connectivity index (χ1) is 14.9. The van der Waals surface area contributed by atoms with Crippen molar-refractivity contribution in [2.24, 2.45) is 0 Å². The molecule has 1 rings (SSSR count). The lowest BCUT2D eigenvalue weighted by Crippen LogP contribution is -2.54. The second kappa shape index (κ2) is 22.1. The zero-order valence-corrected chi connectivity index (χ0v) is 21.1. The Morgan fingerprint density at radius 1 is 0.433 bits per heavy atom. The van der Waals surface area contributed by atoms with Crippen LogP contribution in [0.3, 0.4) is 0 Å². The summed E-state index contributed by atoms with van der Waals surface area (Å²) < 4.78 is 0. The molecule has 0 aromatic heterocycles. The van der Waals surface area contributed by atoms with E-state index < -0.39 is 0 Å². The molecule has 2 atom stereocenters. The Hall–Kier alpha value is -0.0800. The van der Waals surface area contributed by atoms with E-state index in [2.05, 4.69) is 24.5 Å². The van der Waals surface area contributed by atoms with Crippen molar-refractivity contribution in [2.45, 2.75) is 167 Å². The van der Waals surface area contributed by atoms with Crippen LogP contribution >= 0.6 is 0 Å². The van der Waals surface area contributed by atoms with E-state index >= 15 is 0 Å². The predicted molar refractivity (Wildman–Crippen MR) is 137 cm³/mol. The topological polar surface area (TPSA) is 24.1 Å². The zero-order valence-electron chi connectivity index (χ0n) is 21.1. The van der Waals surface area contributed by atoms with Gasteiger partial charge in [0.25, 0.3) is 0 Å². The van der Waals surface area contributed by atoms with Crippen molar-refractivity contribution in [3.8, 4) is 0 Å². The summed E-state index contributed by atoms with van der Waals surface area (Å²) in [6.45, 7) is 6.98. The van der Waals surface area contributed by atoms with E-state index in [0.29, 0.717) is 0 Å². The van der Waals surface area contributed by atoms with E-state index in [0.717, 1.165) is 12.1 Å². The Labute approximate surface area is 191 Å². The summed E-state index contributed by atoms with van der Waals surface area (Å²) in [4.78, 5) is 0. The molecule has 0 aliphatic carbocycles. The predicted octanol–water partition coefficient (Wildman–Crippen LogP) is 8.54. The molecule has 1 aliphatic heterocycles. The fourth-order valence-corrected chi connectivity index (χ4v) is 5.01. The van der Waals surface area contributed by atoms with Crippen LogP contribution in [0.1, 0.15) is 155 Å². The number of nitrogens with one attached hydrogen (secondary N) is 2. The van der Waals surface area contributed by atoms with Crippen LogP contribution in [0, 0.1) is 0 Å². The minimum Gasteiger partial charge on any atom is -0.314 e. The summed E-state index contributed by atoms with van der Waals surface area (Å²) in [6, 6.07) is 1.45. The molecule has 1 aliphatic rings. The Kier molecular flexibility index (Phi) is 20.6. The van der Waals surface area contributed by atoms with Gasteiger partial charge in [-0.25, -0.2) is 0 Å². The summed E-state index contributed by atoms with van der Waals surface area (Å²) in [5.41, 5.74) is 0. The van der Waals surface area contributed by atoms with E-state index in [1.54, 1.807) is 0 Å². The maximum absolute atomic E-state index is 3.95. The average Bonchev–Trinajstić information content (AvgIpc) is 2.76. The van der Waals surface area contributed by atoms with Crippen molar-refractivity contribution in [1.29, 1.82) is 0 Å². The molecule has 1 heterocycles. The van der Waals surface area contributed by atoms with Crippen molar-refractivity contribution in [3.05, 3.63) is 0 Å². The lowest BCUT2D eigenvalue weighted by atomic mass is 9.99. The molecule has 2 heteroatoms. The zero-order chi connectivity index (χ0) is 21.5. The average molecular weight is 423 g/mol. The molecular formula is C28H58N2. The van der Waals surface area contributed by atoms with Gasteiger partial charge < -0.3 is 10.6 Å². The van der Waals surface area contributed by atoms with Gasteiger partial charge in [0.1, 0.15) is 0 Å². The highest BCUT2D eigenvalue weighted by Gasteiger charge is 2.19. The highest BCUT2D eigenvalue weighted by Crippen LogP contribution is 2.15.